The fourth-order valence-corrected chi connectivity index (χ4v) is 4.54. The topological polar surface area (TPSA) is 151 Å². The summed E-state index contributed by atoms with van der Waals surface area (Å²) in [6.45, 7) is 1.24. The number of nitrogens with one attached hydrogen (secondary N) is 3. The van der Waals surface area contributed by atoms with E-state index in [0.29, 0.717) is 5.56 Å². The van der Waals surface area contributed by atoms with Crippen LogP contribution in [-0.4, -0.2) is 38.5 Å². The predicted octanol–water partition coefficient (Wildman–Crippen LogP) is 4.11. The molecule has 188 valence electrons. The van der Waals surface area contributed by atoms with Crippen molar-refractivity contribution in [3.8, 4) is 5.75 Å². The van der Waals surface area contributed by atoms with Gasteiger partial charge in [0.2, 0.25) is 5.91 Å². The number of anilines is 2. The largest absolute Gasteiger partial charge is 0.495 e. The number of rotatable bonds is 8. The van der Waals surface area contributed by atoms with Gasteiger partial charge in [-0.15, -0.1) is 0 Å². The van der Waals surface area contributed by atoms with E-state index in [1.807, 2.05) is 10.8 Å². The van der Waals surface area contributed by atoms with Gasteiger partial charge in [0.05, 0.1) is 28.9 Å². The fourth-order valence-electron chi connectivity index (χ4n) is 3.38. The van der Waals surface area contributed by atoms with Gasteiger partial charge >= 0.3 is 12.0 Å². The standard InChI is InChI=1S/C24H22ClN3O7S/c1-14(29)26-20-13-16(8-11-21(20)35-2)36(33,34)28-24(32)27-22-17(23(30)31)9-10-19(25)18(22)12-15-6-4-3-5-7-15/h3-11,13H,12H2,1-2H3,(H,26,29)(H,30,31)(H2,27,28,32). The van der Waals surface area contributed by atoms with Crippen molar-refractivity contribution in [2.45, 2.75) is 18.2 Å². The zero-order valence-electron chi connectivity index (χ0n) is 19.2. The van der Waals surface area contributed by atoms with Gasteiger partial charge in [-0.1, -0.05) is 41.9 Å². The molecule has 12 heteroatoms. The number of hydrogen-bond donors (Lipinski definition) is 4. The van der Waals surface area contributed by atoms with E-state index in [4.69, 9.17) is 16.3 Å². The van der Waals surface area contributed by atoms with Crippen LogP contribution >= 0.6 is 11.6 Å². The summed E-state index contributed by atoms with van der Waals surface area (Å²) >= 11 is 6.33. The first-order chi connectivity index (χ1) is 17.0. The first-order valence-corrected chi connectivity index (χ1v) is 12.3. The molecule has 0 fully saturated rings. The van der Waals surface area contributed by atoms with Crippen molar-refractivity contribution in [1.82, 2.24) is 4.72 Å². The zero-order chi connectivity index (χ0) is 26.5. The molecule has 0 aromatic heterocycles. The number of halogens is 1. The second-order valence-electron chi connectivity index (χ2n) is 7.52. The number of hydrogen-bond acceptors (Lipinski definition) is 6. The lowest BCUT2D eigenvalue weighted by Crippen LogP contribution is -2.35. The Bertz CT molecular complexity index is 1430. The maximum atomic E-state index is 12.9. The molecular weight excluding hydrogens is 510 g/mol. The summed E-state index contributed by atoms with van der Waals surface area (Å²) in [6, 6.07) is 14.0. The van der Waals surface area contributed by atoms with Crippen molar-refractivity contribution in [3.05, 3.63) is 82.4 Å². The van der Waals surface area contributed by atoms with Crippen LogP contribution in [0.15, 0.2) is 65.6 Å². The molecule has 3 aromatic rings. The SMILES string of the molecule is COc1ccc(S(=O)(=O)NC(=O)Nc2c(C(=O)O)ccc(Cl)c2Cc2ccccc2)cc1NC(C)=O. The Kier molecular flexibility index (Phi) is 8.18. The van der Waals surface area contributed by atoms with E-state index in [1.54, 1.807) is 24.3 Å². The van der Waals surface area contributed by atoms with E-state index < -0.39 is 27.9 Å². The lowest BCUT2D eigenvalue weighted by atomic mass is 9.99. The van der Waals surface area contributed by atoms with Crippen LogP contribution in [0.2, 0.25) is 5.02 Å². The van der Waals surface area contributed by atoms with Crippen molar-refractivity contribution >= 4 is 50.9 Å². The molecular formula is C24H22ClN3O7S. The first kappa shape index (κ1) is 26.5. The highest BCUT2D eigenvalue weighted by molar-refractivity contribution is 7.90. The molecule has 0 saturated heterocycles. The third-order valence-electron chi connectivity index (χ3n) is 4.97. The Morgan fingerprint density at radius 2 is 1.69 bits per heavy atom. The molecule has 0 bridgehead atoms. The average molecular weight is 532 g/mol. The second kappa shape index (κ2) is 11.1. The van der Waals surface area contributed by atoms with Crippen LogP contribution in [0, 0.1) is 0 Å². The van der Waals surface area contributed by atoms with Crippen LogP contribution in [0.25, 0.3) is 0 Å². The minimum atomic E-state index is -4.43. The molecule has 0 saturated carbocycles. The van der Waals surface area contributed by atoms with Crippen molar-refractivity contribution in [2.75, 3.05) is 17.7 Å². The van der Waals surface area contributed by atoms with Crippen molar-refractivity contribution < 1.29 is 32.6 Å². The number of ether oxygens (including phenoxy) is 1. The second-order valence-corrected chi connectivity index (χ2v) is 9.61. The van der Waals surface area contributed by atoms with Gasteiger partial charge in [0.1, 0.15) is 5.75 Å². The Hall–Kier alpha value is -4.09. The van der Waals surface area contributed by atoms with Crippen molar-refractivity contribution in [1.29, 1.82) is 0 Å². The van der Waals surface area contributed by atoms with Gasteiger partial charge in [-0.05, 0) is 41.5 Å². The summed E-state index contributed by atoms with van der Waals surface area (Å²) in [5.74, 6) is -1.58. The molecule has 3 amide bonds. The Morgan fingerprint density at radius 3 is 2.31 bits per heavy atom. The number of urea groups is 1. The predicted molar refractivity (Wildman–Crippen MR) is 134 cm³/mol. The van der Waals surface area contributed by atoms with E-state index in [2.05, 4.69) is 10.6 Å². The maximum absolute atomic E-state index is 12.9. The Morgan fingerprint density at radius 1 is 1.00 bits per heavy atom. The number of carbonyl (C=O) groups excluding carboxylic acids is 2. The molecule has 0 aliphatic rings. The summed E-state index contributed by atoms with van der Waals surface area (Å²) in [5, 5.41) is 14.6. The average Bonchev–Trinajstić information content (AvgIpc) is 2.81. The van der Waals surface area contributed by atoms with Crippen LogP contribution < -0.4 is 20.1 Å². The molecule has 0 heterocycles. The van der Waals surface area contributed by atoms with E-state index >= 15 is 0 Å². The van der Waals surface area contributed by atoms with Gasteiger partial charge in [-0.2, -0.15) is 0 Å². The van der Waals surface area contributed by atoms with Crippen LogP contribution in [-0.2, 0) is 21.2 Å². The smallest absolute Gasteiger partial charge is 0.337 e. The van der Waals surface area contributed by atoms with Crippen molar-refractivity contribution in [2.24, 2.45) is 0 Å². The molecule has 0 unspecified atom stereocenters. The summed E-state index contributed by atoms with van der Waals surface area (Å²) in [7, 11) is -3.08. The van der Waals surface area contributed by atoms with Gasteiger partial charge in [-0.25, -0.2) is 22.7 Å². The molecule has 0 aliphatic heterocycles. The molecule has 3 rings (SSSR count). The van der Waals surface area contributed by atoms with Crippen LogP contribution in [0.5, 0.6) is 5.75 Å². The Balaban J connectivity index is 1.93. The lowest BCUT2D eigenvalue weighted by molar-refractivity contribution is -0.114. The minimum absolute atomic E-state index is 0.0847. The van der Waals surface area contributed by atoms with E-state index in [-0.39, 0.29) is 39.0 Å². The Labute approximate surface area is 212 Å². The fraction of sp³-hybridized carbons (Fsp3) is 0.125. The van der Waals surface area contributed by atoms with Crippen LogP contribution in [0.3, 0.4) is 0 Å². The quantitative estimate of drug-likeness (QED) is 0.341. The number of benzene rings is 3. The van der Waals surface area contributed by atoms with E-state index in [9.17, 15) is 27.9 Å². The van der Waals surface area contributed by atoms with Gasteiger partial charge in [0.25, 0.3) is 10.0 Å². The normalized spacial score (nSPS) is 10.9. The van der Waals surface area contributed by atoms with Gasteiger partial charge < -0.3 is 20.5 Å². The van der Waals surface area contributed by atoms with Crippen molar-refractivity contribution in [3.63, 3.8) is 0 Å². The van der Waals surface area contributed by atoms with Crippen LogP contribution in [0.4, 0.5) is 16.2 Å². The third-order valence-corrected chi connectivity index (χ3v) is 6.65. The van der Waals surface area contributed by atoms with E-state index in [0.717, 1.165) is 11.6 Å². The molecule has 0 radical (unpaired) electrons. The highest BCUT2D eigenvalue weighted by Crippen LogP contribution is 2.31. The molecule has 3 aromatic carbocycles. The number of carboxylic acid groups (broad SMARTS) is 1. The van der Waals surface area contributed by atoms with E-state index in [1.165, 1.54) is 38.3 Å². The number of aromatic carboxylic acids is 1. The molecule has 10 nitrogen and oxygen atoms in total. The first-order valence-electron chi connectivity index (χ1n) is 10.4. The third kappa shape index (κ3) is 6.32. The monoisotopic (exact) mass is 531 g/mol. The lowest BCUT2D eigenvalue weighted by Gasteiger charge is -2.17. The summed E-state index contributed by atoms with van der Waals surface area (Å²) in [5.41, 5.74) is 0.770. The van der Waals surface area contributed by atoms with Gasteiger partial charge in [-0.3, -0.25) is 4.79 Å². The summed E-state index contributed by atoms with van der Waals surface area (Å²) in [6.07, 6.45) is 0.182. The number of carboxylic acids is 1. The van der Waals surface area contributed by atoms with Gasteiger partial charge in [0.15, 0.2) is 0 Å². The van der Waals surface area contributed by atoms with Crippen LogP contribution in [0.1, 0.15) is 28.4 Å². The van der Waals surface area contributed by atoms with Gasteiger partial charge in [0, 0.05) is 18.4 Å². The minimum Gasteiger partial charge on any atom is -0.495 e. The number of methoxy groups -OCH3 is 1. The number of sulfonamides is 1. The highest BCUT2D eigenvalue weighted by atomic mass is 35.5. The maximum Gasteiger partial charge on any atom is 0.337 e. The summed E-state index contributed by atoms with van der Waals surface area (Å²) in [4.78, 5) is 35.7. The molecule has 0 atom stereocenters. The number of carbonyl (C=O) groups is 3. The highest BCUT2D eigenvalue weighted by Gasteiger charge is 2.24. The summed E-state index contributed by atoms with van der Waals surface area (Å²) < 4.78 is 32.7. The zero-order valence-corrected chi connectivity index (χ0v) is 20.7. The molecule has 0 spiro atoms. The molecule has 36 heavy (non-hydrogen) atoms. The molecule has 4 N–H and O–H groups in total. The number of amides is 3. The molecule has 0 aliphatic carbocycles.